The van der Waals surface area contributed by atoms with Crippen molar-refractivity contribution in [2.75, 3.05) is 33.2 Å². The van der Waals surface area contributed by atoms with Crippen molar-refractivity contribution in [3.8, 4) is 0 Å². The van der Waals surface area contributed by atoms with Crippen LogP contribution in [0.25, 0.3) is 0 Å². The summed E-state index contributed by atoms with van der Waals surface area (Å²) >= 11 is 0. The first-order valence-corrected chi connectivity index (χ1v) is 5.79. The molecule has 0 aromatic rings. The molecule has 0 aromatic heterocycles. The van der Waals surface area contributed by atoms with Gasteiger partial charge in [-0.1, -0.05) is 0 Å². The van der Waals surface area contributed by atoms with Crippen molar-refractivity contribution < 1.29 is 14.7 Å². The molecule has 0 bridgehead atoms. The molecule has 0 fully saturated rings. The molecule has 1 atom stereocenters. The Morgan fingerprint density at radius 1 is 1.29 bits per heavy atom. The molecule has 0 aliphatic heterocycles. The summed E-state index contributed by atoms with van der Waals surface area (Å²) in [5, 5.41) is 14.4. The lowest BCUT2D eigenvalue weighted by molar-refractivity contribution is -0.122. The third-order valence-electron chi connectivity index (χ3n) is 2.16. The number of rotatable bonds is 8. The average Bonchev–Trinajstić information content (AvgIpc) is 2.21. The highest BCUT2D eigenvalue weighted by molar-refractivity contribution is 5.78. The maximum absolute atomic E-state index is 11.4. The van der Waals surface area contributed by atoms with E-state index in [1.807, 2.05) is 11.9 Å². The number of hydrogen-bond donors (Lipinski definition) is 3. The Labute approximate surface area is 102 Å². The van der Waals surface area contributed by atoms with Gasteiger partial charge >= 0.3 is 0 Å². The second-order valence-electron chi connectivity index (χ2n) is 4.21. The zero-order valence-corrected chi connectivity index (χ0v) is 10.8. The second-order valence-corrected chi connectivity index (χ2v) is 4.21. The fourth-order valence-electron chi connectivity index (χ4n) is 1.23. The van der Waals surface area contributed by atoms with E-state index in [0.717, 1.165) is 0 Å². The van der Waals surface area contributed by atoms with Crippen molar-refractivity contribution in [1.29, 1.82) is 0 Å². The van der Waals surface area contributed by atoms with Gasteiger partial charge in [0.1, 0.15) is 0 Å². The Morgan fingerprint density at radius 2 is 1.88 bits per heavy atom. The highest BCUT2D eigenvalue weighted by atomic mass is 16.3. The Balaban J connectivity index is 3.53. The first-order valence-electron chi connectivity index (χ1n) is 5.79. The molecule has 0 aliphatic carbocycles. The fraction of sp³-hybridized carbons (Fsp3) is 0.818. The minimum Gasteiger partial charge on any atom is -0.393 e. The normalized spacial score (nSPS) is 12.3. The quantitative estimate of drug-likeness (QED) is 0.476. The van der Waals surface area contributed by atoms with E-state index in [0.29, 0.717) is 32.6 Å². The van der Waals surface area contributed by atoms with E-state index in [4.69, 9.17) is 5.11 Å². The molecule has 1 unspecified atom stereocenters. The monoisotopic (exact) mass is 245 g/mol. The van der Waals surface area contributed by atoms with E-state index in [2.05, 4.69) is 10.6 Å². The molecule has 0 spiro atoms. The second kappa shape index (κ2) is 8.95. The van der Waals surface area contributed by atoms with Crippen molar-refractivity contribution >= 4 is 11.8 Å². The van der Waals surface area contributed by atoms with E-state index in [1.165, 1.54) is 6.92 Å². The van der Waals surface area contributed by atoms with Crippen LogP contribution in [-0.4, -0.2) is 61.2 Å². The van der Waals surface area contributed by atoms with Crippen molar-refractivity contribution in [2.24, 2.45) is 0 Å². The zero-order chi connectivity index (χ0) is 13.3. The number of likely N-dealkylation sites (N-methyl/N-ethyl adjacent to an activating group) is 1. The lowest BCUT2D eigenvalue weighted by atomic mass is 10.3. The van der Waals surface area contributed by atoms with Gasteiger partial charge in [0.2, 0.25) is 11.8 Å². The van der Waals surface area contributed by atoms with Crippen molar-refractivity contribution in [2.45, 2.75) is 26.4 Å². The summed E-state index contributed by atoms with van der Waals surface area (Å²) in [6.45, 7) is 5.01. The number of carbonyl (C=O) groups is 2. The van der Waals surface area contributed by atoms with E-state index in [9.17, 15) is 9.59 Å². The van der Waals surface area contributed by atoms with Crippen molar-refractivity contribution in [1.82, 2.24) is 15.5 Å². The van der Waals surface area contributed by atoms with Gasteiger partial charge in [0, 0.05) is 26.6 Å². The molecule has 2 amide bonds. The van der Waals surface area contributed by atoms with E-state index in [1.54, 1.807) is 6.92 Å². The Hall–Kier alpha value is -1.14. The summed E-state index contributed by atoms with van der Waals surface area (Å²) < 4.78 is 0. The molecule has 0 rings (SSSR count). The van der Waals surface area contributed by atoms with Crippen LogP contribution in [0.1, 0.15) is 20.3 Å². The third-order valence-corrected chi connectivity index (χ3v) is 2.16. The van der Waals surface area contributed by atoms with Gasteiger partial charge in [-0.25, -0.2) is 0 Å². The Bertz CT molecular complexity index is 244. The molecule has 100 valence electrons. The van der Waals surface area contributed by atoms with Crippen LogP contribution in [0.15, 0.2) is 0 Å². The van der Waals surface area contributed by atoms with E-state index in [-0.39, 0.29) is 17.9 Å². The molecule has 6 heteroatoms. The molecule has 0 saturated carbocycles. The van der Waals surface area contributed by atoms with Crippen LogP contribution in [0.2, 0.25) is 0 Å². The highest BCUT2D eigenvalue weighted by Crippen LogP contribution is 1.92. The number of aliphatic hydroxyl groups excluding tert-OH is 1. The molecule has 0 radical (unpaired) electrons. The van der Waals surface area contributed by atoms with Crippen LogP contribution < -0.4 is 10.6 Å². The molecular formula is C11H23N3O3. The van der Waals surface area contributed by atoms with Gasteiger partial charge in [0.05, 0.1) is 12.6 Å². The van der Waals surface area contributed by atoms with E-state index >= 15 is 0 Å². The average molecular weight is 245 g/mol. The number of amides is 2. The first-order chi connectivity index (χ1) is 7.91. The van der Waals surface area contributed by atoms with E-state index < -0.39 is 0 Å². The lowest BCUT2D eigenvalue weighted by Gasteiger charge is -2.17. The Kier molecular flexibility index (Phi) is 8.35. The van der Waals surface area contributed by atoms with Crippen LogP contribution in [0.3, 0.4) is 0 Å². The van der Waals surface area contributed by atoms with Crippen molar-refractivity contribution in [3.05, 3.63) is 0 Å². The van der Waals surface area contributed by atoms with Crippen LogP contribution >= 0.6 is 0 Å². The molecule has 6 nitrogen and oxygen atoms in total. The summed E-state index contributed by atoms with van der Waals surface area (Å²) in [5.74, 6) is -0.184. The summed E-state index contributed by atoms with van der Waals surface area (Å²) in [5.41, 5.74) is 0. The number of hydrogen-bond acceptors (Lipinski definition) is 4. The molecule has 0 heterocycles. The molecule has 0 saturated heterocycles. The van der Waals surface area contributed by atoms with Crippen molar-refractivity contribution in [3.63, 3.8) is 0 Å². The molecule has 0 aromatic carbocycles. The zero-order valence-electron chi connectivity index (χ0n) is 10.8. The molecule has 0 aliphatic rings. The number of nitrogens with zero attached hydrogens (tertiary/aromatic N) is 1. The minimum atomic E-state index is -0.347. The van der Waals surface area contributed by atoms with Crippen LogP contribution in [0, 0.1) is 0 Å². The molecular weight excluding hydrogens is 222 g/mol. The predicted molar refractivity (Wildman–Crippen MR) is 65.5 cm³/mol. The fourth-order valence-corrected chi connectivity index (χ4v) is 1.23. The van der Waals surface area contributed by atoms with Gasteiger partial charge in [-0.05, 0) is 20.4 Å². The standard InChI is InChI=1S/C11H23N3O3/c1-9(15)4-7-14(3)8-11(17)13-6-5-12-10(2)16/h9,15H,4-8H2,1-3H3,(H,12,16)(H,13,17). The van der Waals surface area contributed by atoms with Gasteiger partial charge in [-0.3, -0.25) is 14.5 Å². The maximum Gasteiger partial charge on any atom is 0.234 e. The van der Waals surface area contributed by atoms with Gasteiger partial charge in [-0.2, -0.15) is 0 Å². The lowest BCUT2D eigenvalue weighted by Crippen LogP contribution is -2.39. The van der Waals surface area contributed by atoms with Gasteiger partial charge in [-0.15, -0.1) is 0 Å². The Morgan fingerprint density at radius 3 is 2.41 bits per heavy atom. The number of aliphatic hydroxyl groups is 1. The largest absolute Gasteiger partial charge is 0.393 e. The highest BCUT2D eigenvalue weighted by Gasteiger charge is 2.06. The summed E-state index contributed by atoms with van der Waals surface area (Å²) in [6.07, 6.45) is 0.302. The topological polar surface area (TPSA) is 81.7 Å². The summed E-state index contributed by atoms with van der Waals surface area (Å²) in [7, 11) is 1.83. The smallest absolute Gasteiger partial charge is 0.234 e. The summed E-state index contributed by atoms with van der Waals surface area (Å²) in [6, 6.07) is 0. The SMILES string of the molecule is CC(=O)NCCNC(=O)CN(C)CCC(C)O. The number of nitrogens with one attached hydrogen (secondary N) is 2. The number of carbonyl (C=O) groups excluding carboxylic acids is 2. The van der Waals surface area contributed by atoms with Crippen LogP contribution in [0.5, 0.6) is 0 Å². The molecule has 3 N–H and O–H groups in total. The predicted octanol–water partition coefficient (Wildman–Crippen LogP) is -1.06. The summed E-state index contributed by atoms with van der Waals surface area (Å²) in [4.78, 5) is 23.8. The minimum absolute atomic E-state index is 0.0801. The van der Waals surface area contributed by atoms with Crippen LogP contribution in [0.4, 0.5) is 0 Å². The molecule has 17 heavy (non-hydrogen) atoms. The van der Waals surface area contributed by atoms with Gasteiger partial charge in [0.25, 0.3) is 0 Å². The van der Waals surface area contributed by atoms with Gasteiger partial charge < -0.3 is 15.7 Å². The first kappa shape index (κ1) is 15.9. The maximum atomic E-state index is 11.4. The van der Waals surface area contributed by atoms with Crippen LogP contribution in [-0.2, 0) is 9.59 Å². The van der Waals surface area contributed by atoms with Gasteiger partial charge in [0.15, 0.2) is 0 Å². The third kappa shape index (κ3) is 11.1.